The van der Waals surface area contributed by atoms with Gasteiger partial charge in [0.05, 0.1) is 5.37 Å². The zero-order valence-corrected chi connectivity index (χ0v) is 14.8. The molecule has 0 aromatic rings. The topological polar surface area (TPSA) is 49.4 Å². The number of carbonyl (C=O) groups is 2. The Morgan fingerprint density at radius 2 is 1.90 bits per heavy atom. The molecule has 1 fully saturated rings. The molecule has 0 aromatic carbocycles. The molecule has 4 nitrogen and oxygen atoms in total. The summed E-state index contributed by atoms with van der Waals surface area (Å²) in [7, 11) is 0. The molecule has 2 unspecified atom stereocenters. The molecule has 1 aliphatic rings. The molecule has 2 amide bonds. The van der Waals surface area contributed by atoms with E-state index < -0.39 is 0 Å². The minimum Gasteiger partial charge on any atom is -0.352 e. The van der Waals surface area contributed by atoms with Crippen LogP contribution in [0.2, 0.25) is 0 Å². The molecule has 21 heavy (non-hydrogen) atoms. The predicted octanol–water partition coefficient (Wildman–Crippen LogP) is 2.79. The van der Waals surface area contributed by atoms with Gasteiger partial charge in [-0.3, -0.25) is 9.59 Å². The molecule has 0 bridgehead atoms. The number of hydrogen-bond donors (Lipinski definition) is 1. The Kier molecular flexibility index (Phi) is 6.78. The molecule has 1 saturated heterocycles. The average Bonchev–Trinajstić information content (AvgIpc) is 2.69. The van der Waals surface area contributed by atoms with Crippen LogP contribution >= 0.6 is 11.8 Å². The van der Waals surface area contributed by atoms with Gasteiger partial charge in [-0.05, 0) is 40.0 Å². The van der Waals surface area contributed by atoms with Gasteiger partial charge in [0.2, 0.25) is 11.8 Å². The van der Waals surface area contributed by atoms with E-state index in [4.69, 9.17) is 0 Å². The number of thioether (sulfide) groups is 1. The SMILES string of the molecule is CC(C)=CC(=O)N1C(CC(C)C)SCC1C(=O)NC(C)C. The van der Waals surface area contributed by atoms with E-state index in [1.807, 2.05) is 27.7 Å². The molecule has 0 saturated carbocycles. The maximum Gasteiger partial charge on any atom is 0.248 e. The molecule has 5 heteroatoms. The number of nitrogens with one attached hydrogen (secondary N) is 1. The first-order valence-corrected chi connectivity index (χ1v) is 8.66. The van der Waals surface area contributed by atoms with E-state index in [9.17, 15) is 9.59 Å². The normalized spacial score (nSPS) is 21.8. The zero-order chi connectivity index (χ0) is 16.2. The van der Waals surface area contributed by atoms with Crippen molar-refractivity contribution >= 4 is 23.6 Å². The van der Waals surface area contributed by atoms with E-state index in [2.05, 4.69) is 19.2 Å². The second-order valence-corrected chi connectivity index (χ2v) is 7.77. The van der Waals surface area contributed by atoms with E-state index in [1.54, 1.807) is 22.7 Å². The van der Waals surface area contributed by atoms with Crippen LogP contribution in [0.25, 0.3) is 0 Å². The van der Waals surface area contributed by atoms with E-state index in [0.717, 1.165) is 12.0 Å². The summed E-state index contributed by atoms with van der Waals surface area (Å²) in [5.41, 5.74) is 0.961. The Labute approximate surface area is 132 Å². The lowest BCUT2D eigenvalue weighted by Gasteiger charge is -2.29. The number of amides is 2. The standard InChI is InChI=1S/C16H28N2O2S/c1-10(2)7-14(19)18-13(16(20)17-12(5)6)9-21-15(18)8-11(3)4/h7,11-13,15H,8-9H2,1-6H3,(H,17,20). The Bertz CT molecular complexity index is 415. The fourth-order valence-electron chi connectivity index (χ4n) is 2.35. The average molecular weight is 312 g/mol. The van der Waals surface area contributed by atoms with Crippen molar-refractivity contribution in [3.63, 3.8) is 0 Å². The van der Waals surface area contributed by atoms with Crippen LogP contribution < -0.4 is 5.32 Å². The quantitative estimate of drug-likeness (QED) is 0.794. The van der Waals surface area contributed by atoms with Crippen molar-refractivity contribution in [2.24, 2.45) is 5.92 Å². The first-order valence-electron chi connectivity index (χ1n) is 7.61. The highest BCUT2D eigenvalue weighted by atomic mass is 32.2. The van der Waals surface area contributed by atoms with Crippen molar-refractivity contribution in [3.05, 3.63) is 11.6 Å². The van der Waals surface area contributed by atoms with Crippen LogP contribution in [0.3, 0.4) is 0 Å². The molecule has 2 atom stereocenters. The van der Waals surface area contributed by atoms with Crippen LogP contribution in [0.5, 0.6) is 0 Å². The number of hydrogen-bond acceptors (Lipinski definition) is 3. The fourth-order valence-corrected chi connectivity index (χ4v) is 4.00. The van der Waals surface area contributed by atoms with Gasteiger partial charge >= 0.3 is 0 Å². The van der Waals surface area contributed by atoms with Crippen LogP contribution in [0.1, 0.15) is 48.0 Å². The minimum atomic E-state index is -0.357. The van der Waals surface area contributed by atoms with Crippen LogP contribution in [0, 0.1) is 5.92 Å². The van der Waals surface area contributed by atoms with Crippen molar-refractivity contribution in [2.75, 3.05) is 5.75 Å². The van der Waals surface area contributed by atoms with Crippen molar-refractivity contribution in [2.45, 2.75) is 65.4 Å². The van der Waals surface area contributed by atoms with E-state index >= 15 is 0 Å². The molecule has 0 aromatic heterocycles. The Hall–Kier alpha value is -0.970. The van der Waals surface area contributed by atoms with E-state index in [-0.39, 0.29) is 29.3 Å². The Morgan fingerprint density at radius 3 is 2.38 bits per heavy atom. The van der Waals surface area contributed by atoms with Crippen molar-refractivity contribution in [3.8, 4) is 0 Å². The summed E-state index contributed by atoms with van der Waals surface area (Å²) >= 11 is 1.71. The smallest absolute Gasteiger partial charge is 0.248 e. The fraction of sp³-hybridized carbons (Fsp3) is 0.750. The van der Waals surface area contributed by atoms with Crippen LogP contribution in [0.4, 0.5) is 0 Å². The summed E-state index contributed by atoms with van der Waals surface area (Å²) in [5.74, 6) is 1.09. The zero-order valence-electron chi connectivity index (χ0n) is 14.0. The van der Waals surface area contributed by atoms with Crippen LogP contribution in [0.15, 0.2) is 11.6 Å². The molecule has 1 N–H and O–H groups in total. The molecule has 1 heterocycles. The van der Waals surface area contributed by atoms with Crippen LogP contribution in [-0.2, 0) is 9.59 Å². The maximum atomic E-state index is 12.5. The van der Waals surface area contributed by atoms with Crippen molar-refractivity contribution < 1.29 is 9.59 Å². The van der Waals surface area contributed by atoms with E-state index in [1.165, 1.54) is 0 Å². The molecule has 1 aliphatic heterocycles. The van der Waals surface area contributed by atoms with Gasteiger partial charge in [-0.25, -0.2) is 0 Å². The first kappa shape index (κ1) is 18.1. The van der Waals surface area contributed by atoms with Gasteiger partial charge in [0, 0.05) is 17.9 Å². The highest BCUT2D eigenvalue weighted by Crippen LogP contribution is 2.33. The second-order valence-electron chi connectivity index (χ2n) is 6.56. The molecule has 1 rings (SSSR count). The van der Waals surface area contributed by atoms with Gasteiger partial charge < -0.3 is 10.2 Å². The lowest BCUT2D eigenvalue weighted by molar-refractivity contribution is -0.136. The summed E-state index contributed by atoms with van der Waals surface area (Å²) < 4.78 is 0. The molecule has 0 aliphatic carbocycles. The van der Waals surface area contributed by atoms with Gasteiger partial charge in [0.1, 0.15) is 6.04 Å². The lowest BCUT2D eigenvalue weighted by Crippen LogP contribution is -2.50. The number of allylic oxidation sites excluding steroid dienone is 1. The third-order valence-corrected chi connectivity index (χ3v) is 4.48. The number of nitrogens with zero attached hydrogens (tertiary/aromatic N) is 1. The summed E-state index contributed by atoms with van der Waals surface area (Å²) in [5, 5.41) is 3.02. The van der Waals surface area contributed by atoms with Gasteiger partial charge in [0.25, 0.3) is 0 Å². The van der Waals surface area contributed by atoms with Gasteiger partial charge in [-0.15, -0.1) is 11.8 Å². The molecule has 0 spiro atoms. The minimum absolute atomic E-state index is 0.0423. The lowest BCUT2D eigenvalue weighted by atomic mass is 10.1. The highest BCUT2D eigenvalue weighted by molar-refractivity contribution is 8.00. The first-order chi connectivity index (χ1) is 9.72. The maximum absolute atomic E-state index is 12.5. The number of rotatable bonds is 5. The highest BCUT2D eigenvalue weighted by Gasteiger charge is 2.40. The predicted molar refractivity (Wildman–Crippen MR) is 89.0 cm³/mol. The van der Waals surface area contributed by atoms with Gasteiger partial charge in [0.15, 0.2) is 0 Å². The van der Waals surface area contributed by atoms with Crippen molar-refractivity contribution in [1.29, 1.82) is 0 Å². The third kappa shape index (κ3) is 5.38. The Balaban J connectivity index is 2.94. The second kappa shape index (κ2) is 7.87. The monoisotopic (exact) mass is 312 g/mol. The number of carbonyl (C=O) groups excluding carboxylic acids is 2. The van der Waals surface area contributed by atoms with Gasteiger partial charge in [-0.2, -0.15) is 0 Å². The molecule has 120 valence electrons. The molecular formula is C16H28N2O2S. The van der Waals surface area contributed by atoms with Crippen LogP contribution in [-0.4, -0.2) is 39.9 Å². The largest absolute Gasteiger partial charge is 0.352 e. The summed E-state index contributed by atoms with van der Waals surface area (Å²) in [6, 6.07) is -0.267. The third-order valence-electron chi connectivity index (χ3n) is 3.17. The Morgan fingerprint density at radius 1 is 1.29 bits per heavy atom. The van der Waals surface area contributed by atoms with E-state index in [0.29, 0.717) is 11.7 Å². The molecular weight excluding hydrogens is 284 g/mol. The van der Waals surface area contributed by atoms with Gasteiger partial charge in [-0.1, -0.05) is 19.4 Å². The summed E-state index contributed by atoms with van der Waals surface area (Å²) in [6.07, 6.45) is 2.55. The summed E-state index contributed by atoms with van der Waals surface area (Å²) in [6.45, 7) is 12.0. The molecule has 0 radical (unpaired) electrons. The summed E-state index contributed by atoms with van der Waals surface area (Å²) in [4.78, 5) is 26.6. The van der Waals surface area contributed by atoms with Crippen molar-refractivity contribution in [1.82, 2.24) is 10.2 Å².